The highest BCUT2D eigenvalue weighted by atomic mass is 16.2. The van der Waals surface area contributed by atoms with Crippen LogP contribution in [0.4, 0.5) is 5.69 Å². The van der Waals surface area contributed by atoms with Crippen LogP contribution in [0.2, 0.25) is 0 Å². The second kappa shape index (κ2) is 4.41. The molecule has 1 amide bonds. The highest BCUT2D eigenvalue weighted by Gasteiger charge is 2.21. The van der Waals surface area contributed by atoms with Gasteiger partial charge in [0.25, 0.3) is 0 Å². The van der Waals surface area contributed by atoms with Gasteiger partial charge in [-0.25, -0.2) is 0 Å². The molecule has 2 rings (SSSR count). The van der Waals surface area contributed by atoms with Gasteiger partial charge >= 0.3 is 0 Å². The number of carbonyl (C=O) groups is 1. The number of nitrogens with zero attached hydrogens (tertiary/aromatic N) is 1. The first-order chi connectivity index (χ1) is 8.38. The van der Waals surface area contributed by atoms with Crippen LogP contribution in [0.5, 0.6) is 0 Å². The molecule has 1 aromatic carbocycles. The van der Waals surface area contributed by atoms with Crippen molar-refractivity contribution in [1.82, 2.24) is 4.98 Å². The first kappa shape index (κ1) is 12.6. The van der Waals surface area contributed by atoms with Crippen molar-refractivity contribution in [2.24, 2.45) is 5.41 Å². The van der Waals surface area contributed by atoms with E-state index >= 15 is 0 Å². The van der Waals surface area contributed by atoms with Crippen LogP contribution in [0, 0.1) is 12.3 Å². The molecule has 1 heterocycles. The summed E-state index contributed by atoms with van der Waals surface area (Å²) in [6.07, 6.45) is 3.56. The number of anilines is 1. The number of hydrogen-bond donors (Lipinski definition) is 1. The van der Waals surface area contributed by atoms with Crippen LogP contribution in [0.25, 0.3) is 10.8 Å². The fraction of sp³-hybridized carbons (Fsp3) is 0.333. The molecular formula is C15H18N2O. The van der Waals surface area contributed by atoms with Gasteiger partial charge in [0.15, 0.2) is 0 Å². The molecule has 18 heavy (non-hydrogen) atoms. The van der Waals surface area contributed by atoms with Crippen LogP contribution in [-0.4, -0.2) is 10.9 Å². The number of aromatic nitrogens is 1. The summed E-state index contributed by atoms with van der Waals surface area (Å²) in [4.78, 5) is 16.2. The monoisotopic (exact) mass is 242 g/mol. The predicted molar refractivity (Wildman–Crippen MR) is 74.6 cm³/mol. The van der Waals surface area contributed by atoms with Crippen molar-refractivity contribution in [3.05, 3.63) is 36.2 Å². The third-order valence-corrected chi connectivity index (χ3v) is 2.83. The minimum atomic E-state index is -0.400. The summed E-state index contributed by atoms with van der Waals surface area (Å²) >= 11 is 0. The number of rotatable bonds is 1. The summed E-state index contributed by atoms with van der Waals surface area (Å²) < 4.78 is 0. The molecular weight excluding hydrogens is 224 g/mol. The van der Waals surface area contributed by atoms with E-state index in [1.807, 2.05) is 46.0 Å². The second-order valence-corrected chi connectivity index (χ2v) is 5.61. The van der Waals surface area contributed by atoms with E-state index in [4.69, 9.17) is 0 Å². The van der Waals surface area contributed by atoms with Gasteiger partial charge in [-0.05, 0) is 30.7 Å². The van der Waals surface area contributed by atoms with Gasteiger partial charge in [-0.15, -0.1) is 0 Å². The van der Waals surface area contributed by atoms with Gasteiger partial charge < -0.3 is 5.32 Å². The molecule has 3 heteroatoms. The molecule has 1 N–H and O–H groups in total. The Kier molecular flexibility index (Phi) is 3.07. The van der Waals surface area contributed by atoms with Gasteiger partial charge in [0.1, 0.15) is 0 Å². The summed E-state index contributed by atoms with van der Waals surface area (Å²) in [5, 5.41) is 5.06. The minimum absolute atomic E-state index is 0.0196. The lowest BCUT2D eigenvalue weighted by Crippen LogP contribution is -2.27. The van der Waals surface area contributed by atoms with Gasteiger partial charge in [-0.1, -0.05) is 20.8 Å². The Balaban J connectivity index is 2.48. The molecule has 1 aromatic heterocycles. The third kappa shape index (κ3) is 2.50. The van der Waals surface area contributed by atoms with E-state index in [9.17, 15) is 4.79 Å². The van der Waals surface area contributed by atoms with Crippen LogP contribution in [0.3, 0.4) is 0 Å². The summed E-state index contributed by atoms with van der Waals surface area (Å²) in [5.41, 5.74) is 1.57. The van der Waals surface area contributed by atoms with E-state index in [1.165, 1.54) is 0 Å². The average Bonchev–Trinajstić information content (AvgIpc) is 2.27. The zero-order chi connectivity index (χ0) is 13.3. The van der Waals surface area contributed by atoms with Crippen LogP contribution in [0.15, 0.2) is 30.6 Å². The Morgan fingerprint density at radius 1 is 1.28 bits per heavy atom. The van der Waals surface area contributed by atoms with Crippen molar-refractivity contribution < 1.29 is 4.79 Å². The highest BCUT2D eigenvalue weighted by molar-refractivity contribution is 6.03. The SMILES string of the molecule is Cc1cc(NC(=O)C(C)(C)C)c2ccncc2c1. The van der Waals surface area contributed by atoms with E-state index < -0.39 is 5.41 Å². The standard InChI is InChI=1S/C15H18N2O/c1-10-7-11-9-16-6-5-12(11)13(8-10)17-14(18)15(2,3)4/h5-9H,1-4H3,(H,17,18). The van der Waals surface area contributed by atoms with Crippen LogP contribution in [0.1, 0.15) is 26.3 Å². The number of amides is 1. The number of benzene rings is 1. The van der Waals surface area contributed by atoms with Gasteiger partial charge in [0, 0.05) is 34.3 Å². The molecule has 2 aromatic rings. The maximum absolute atomic E-state index is 12.1. The quantitative estimate of drug-likeness (QED) is 0.831. The second-order valence-electron chi connectivity index (χ2n) is 5.61. The normalized spacial score (nSPS) is 11.6. The lowest BCUT2D eigenvalue weighted by Gasteiger charge is -2.19. The van der Waals surface area contributed by atoms with E-state index in [0.29, 0.717) is 0 Å². The average molecular weight is 242 g/mol. The zero-order valence-corrected chi connectivity index (χ0v) is 11.2. The van der Waals surface area contributed by atoms with Crippen molar-refractivity contribution in [3.63, 3.8) is 0 Å². The van der Waals surface area contributed by atoms with Crippen LogP contribution >= 0.6 is 0 Å². The maximum atomic E-state index is 12.1. The van der Waals surface area contributed by atoms with E-state index in [-0.39, 0.29) is 5.91 Å². The van der Waals surface area contributed by atoms with Gasteiger partial charge in [-0.2, -0.15) is 0 Å². The smallest absolute Gasteiger partial charge is 0.229 e. The summed E-state index contributed by atoms with van der Waals surface area (Å²) in [6.45, 7) is 7.73. The number of aryl methyl sites for hydroxylation is 1. The number of hydrogen-bond acceptors (Lipinski definition) is 2. The lowest BCUT2D eigenvalue weighted by atomic mass is 9.95. The number of fused-ring (bicyclic) bond motifs is 1. The Morgan fingerprint density at radius 2 is 2.00 bits per heavy atom. The van der Waals surface area contributed by atoms with Crippen LogP contribution < -0.4 is 5.32 Å². The minimum Gasteiger partial charge on any atom is -0.325 e. The van der Waals surface area contributed by atoms with Crippen molar-refractivity contribution >= 4 is 22.4 Å². The maximum Gasteiger partial charge on any atom is 0.229 e. The molecule has 0 aliphatic carbocycles. The van der Waals surface area contributed by atoms with E-state index in [1.54, 1.807) is 6.20 Å². The highest BCUT2D eigenvalue weighted by Crippen LogP contribution is 2.26. The summed E-state index contributed by atoms with van der Waals surface area (Å²) in [7, 11) is 0. The zero-order valence-electron chi connectivity index (χ0n) is 11.2. The summed E-state index contributed by atoms with van der Waals surface area (Å²) in [5.74, 6) is 0.0196. The number of carbonyl (C=O) groups excluding carboxylic acids is 1. The lowest BCUT2D eigenvalue weighted by molar-refractivity contribution is -0.123. The molecule has 0 aliphatic rings. The number of nitrogens with one attached hydrogen (secondary N) is 1. The molecule has 0 atom stereocenters. The topological polar surface area (TPSA) is 42.0 Å². The van der Waals surface area contributed by atoms with Crippen molar-refractivity contribution in [3.8, 4) is 0 Å². The molecule has 0 aliphatic heterocycles. The van der Waals surface area contributed by atoms with Crippen molar-refractivity contribution in [2.45, 2.75) is 27.7 Å². The first-order valence-electron chi connectivity index (χ1n) is 6.04. The first-order valence-corrected chi connectivity index (χ1v) is 6.04. The Hall–Kier alpha value is -1.90. The Bertz CT molecular complexity index is 597. The molecule has 0 saturated carbocycles. The molecule has 0 bridgehead atoms. The fourth-order valence-corrected chi connectivity index (χ4v) is 1.77. The molecule has 0 saturated heterocycles. The molecule has 0 radical (unpaired) electrons. The molecule has 3 nitrogen and oxygen atoms in total. The molecule has 0 fully saturated rings. The van der Waals surface area contributed by atoms with Crippen LogP contribution in [-0.2, 0) is 4.79 Å². The predicted octanol–water partition coefficient (Wildman–Crippen LogP) is 3.53. The third-order valence-electron chi connectivity index (χ3n) is 2.83. The van der Waals surface area contributed by atoms with Crippen molar-refractivity contribution in [2.75, 3.05) is 5.32 Å². The molecule has 0 unspecified atom stereocenters. The Morgan fingerprint density at radius 3 is 2.67 bits per heavy atom. The Labute approximate surface area is 107 Å². The number of pyridine rings is 1. The van der Waals surface area contributed by atoms with Crippen molar-refractivity contribution in [1.29, 1.82) is 0 Å². The summed E-state index contributed by atoms with van der Waals surface area (Å²) in [6, 6.07) is 5.98. The van der Waals surface area contributed by atoms with Gasteiger partial charge in [0.05, 0.1) is 0 Å². The molecule has 0 spiro atoms. The largest absolute Gasteiger partial charge is 0.325 e. The van der Waals surface area contributed by atoms with Gasteiger partial charge in [0.2, 0.25) is 5.91 Å². The van der Waals surface area contributed by atoms with E-state index in [2.05, 4.69) is 16.4 Å². The molecule has 94 valence electrons. The fourth-order valence-electron chi connectivity index (χ4n) is 1.77. The van der Waals surface area contributed by atoms with E-state index in [0.717, 1.165) is 22.0 Å². The van der Waals surface area contributed by atoms with Gasteiger partial charge in [-0.3, -0.25) is 9.78 Å².